The number of amides is 1. The lowest BCUT2D eigenvalue weighted by Crippen LogP contribution is -2.47. The summed E-state index contributed by atoms with van der Waals surface area (Å²) in [5, 5.41) is 6.45. The van der Waals surface area contributed by atoms with Gasteiger partial charge in [-0.3, -0.25) is 4.79 Å². The Balaban J connectivity index is 1.74. The van der Waals surface area contributed by atoms with Gasteiger partial charge in [-0.2, -0.15) is 0 Å². The number of carbonyl (C=O) groups excluding carboxylic acids is 1. The number of nitrogens with one attached hydrogen (secondary N) is 2. The van der Waals surface area contributed by atoms with Gasteiger partial charge in [0, 0.05) is 18.5 Å². The predicted octanol–water partition coefficient (Wildman–Crippen LogP) is 0.901. The summed E-state index contributed by atoms with van der Waals surface area (Å²) in [6, 6.07) is 0.373. The van der Waals surface area contributed by atoms with Crippen LogP contribution >= 0.6 is 0 Å². The van der Waals surface area contributed by atoms with Crippen molar-refractivity contribution in [2.24, 2.45) is 11.8 Å². The third kappa shape index (κ3) is 2.47. The van der Waals surface area contributed by atoms with Gasteiger partial charge in [-0.15, -0.1) is 0 Å². The van der Waals surface area contributed by atoms with Crippen LogP contribution in [-0.2, 0) is 4.79 Å². The molecule has 0 spiro atoms. The van der Waals surface area contributed by atoms with Gasteiger partial charge in [0.1, 0.15) is 0 Å². The maximum atomic E-state index is 11.8. The lowest BCUT2D eigenvalue weighted by Gasteiger charge is -2.25. The molecule has 0 aromatic heterocycles. The molecule has 2 fully saturated rings. The summed E-state index contributed by atoms with van der Waals surface area (Å²) >= 11 is 0. The third-order valence-electron chi connectivity index (χ3n) is 3.39. The molecule has 1 unspecified atom stereocenters. The molecule has 3 heteroatoms. The van der Waals surface area contributed by atoms with Gasteiger partial charge in [-0.05, 0) is 38.1 Å². The van der Waals surface area contributed by atoms with Crippen molar-refractivity contribution in [3.63, 3.8) is 0 Å². The lowest BCUT2D eigenvalue weighted by molar-refractivity contribution is -0.125. The van der Waals surface area contributed by atoms with Gasteiger partial charge < -0.3 is 10.6 Å². The number of hydrogen-bond acceptors (Lipinski definition) is 2. The van der Waals surface area contributed by atoms with E-state index in [-0.39, 0.29) is 11.8 Å². The van der Waals surface area contributed by atoms with Crippen molar-refractivity contribution < 1.29 is 4.79 Å². The molecule has 1 heterocycles. The quantitative estimate of drug-likeness (QED) is 0.704. The molecule has 0 aromatic carbocycles. The van der Waals surface area contributed by atoms with Crippen molar-refractivity contribution in [1.29, 1.82) is 0 Å². The monoisotopic (exact) mass is 196 g/mol. The minimum atomic E-state index is 0.233. The minimum Gasteiger partial charge on any atom is -0.352 e. The van der Waals surface area contributed by atoms with E-state index in [9.17, 15) is 4.79 Å². The van der Waals surface area contributed by atoms with E-state index >= 15 is 0 Å². The highest BCUT2D eigenvalue weighted by Crippen LogP contribution is 2.36. The van der Waals surface area contributed by atoms with Crippen molar-refractivity contribution in [3.8, 4) is 0 Å². The second-order valence-corrected chi connectivity index (χ2v) is 4.68. The normalized spacial score (nSPS) is 29.6. The third-order valence-corrected chi connectivity index (χ3v) is 3.39. The summed E-state index contributed by atoms with van der Waals surface area (Å²) in [6.07, 6.45) is 4.81. The molecule has 1 saturated carbocycles. The van der Waals surface area contributed by atoms with Crippen molar-refractivity contribution in [2.45, 2.75) is 38.6 Å². The topological polar surface area (TPSA) is 41.1 Å². The van der Waals surface area contributed by atoms with Crippen LogP contribution in [0.5, 0.6) is 0 Å². The first-order valence-corrected chi connectivity index (χ1v) is 5.78. The summed E-state index contributed by atoms with van der Waals surface area (Å²) in [6.45, 7) is 4.11. The molecule has 1 saturated heterocycles. The van der Waals surface area contributed by atoms with E-state index in [0.29, 0.717) is 12.0 Å². The van der Waals surface area contributed by atoms with E-state index in [0.717, 1.165) is 19.5 Å². The first-order chi connectivity index (χ1) is 6.77. The first kappa shape index (κ1) is 9.97. The first-order valence-electron chi connectivity index (χ1n) is 5.78. The van der Waals surface area contributed by atoms with E-state index in [4.69, 9.17) is 0 Å². The van der Waals surface area contributed by atoms with Gasteiger partial charge in [-0.1, -0.05) is 6.92 Å². The van der Waals surface area contributed by atoms with Crippen LogP contribution in [-0.4, -0.2) is 25.0 Å². The molecule has 3 nitrogen and oxygen atoms in total. The van der Waals surface area contributed by atoms with Crippen LogP contribution in [0.1, 0.15) is 32.6 Å². The Morgan fingerprint density at radius 3 is 2.79 bits per heavy atom. The van der Waals surface area contributed by atoms with Crippen LogP contribution in [0.15, 0.2) is 0 Å². The van der Waals surface area contributed by atoms with E-state index in [2.05, 4.69) is 17.6 Å². The molecule has 2 N–H and O–H groups in total. The molecule has 2 atom stereocenters. The van der Waals surface area contributed by atoms with Gasteiger partial charge in [0.25, 0.3) is 0 Å². The van der Waals surface area contributed by atoms with Gasteiger partial charge >= 0.3 is 0 Å². The SMILES string of the molecule is CC(C(=O)N[C@@H]1CCCNC1)C1CC1. The average molecular weight is 196 g/mol. The van der Waals surface area contributed by atoms with Crippen LogP contribution in [0.3, 0.4) is 0 Å². The Bertz CT molecular complexity index is 207. The van der Waals surface area contributed by atoms with Crippen LogP contribution in [0.4, 0.5) is 0 Å². The van der Waals surface area contributed by atoms with Crippen molar-refractivity contribution >= 4 is 5.91 Å². The maximum absolute atomic E-state index is 11.8. The zero-order valence-electron chi connectivity index (χ0n) is 8.88. The van der Waals surface area contributed by atoms with Crippen LogP contribution < -0.4 is 10.6 Å². The van der Waals surface area contributed by atoms with Crippen LogP contribution in [0.25, 0.3) is 0 Å². The molecular formula is C11H20N2O. The van der Waals surface area contributed by atoms with Crippen molar-refractivity contribution in [1.82, 2.24) is 10.6 Å². The molecule has 0 radical (unpaired) electrons. The highest BCUT2D eigenvalue weighted by Gasteiger charge is 2.33. The Hall–Kier alpha value is -0.570. The van der Waals surface area contributed by atoms with Gasteiger partial charge in [-0.25, -0.2) is 0 Å². The number of hydrogen-bond donors (Lipinski definition) is 2. The van der Waals surface area contributed by atoms with Gasteiger partial charge in [0.15, 0.2) is 0 Å². The summed E-state index contributed by atoms with van der Waals surface area (Å²) in [4.78, 5) is 11.8. The molecule has 0 bridgehead atoms. The highest BCUT2D eigenvalue weighted by atomic mass is 16.1. The van der Waals surface area contributed by atoms with Gasteiger partial charge in [0.2, 0.25) is 5.91 Å². The predicted molar refractivity (Wildman–Crippen MR) is 55.9 cm³/mol. The Kier molecular flexibility index (Phi) is 3.06. The second kappa shape index (κ2) is 4.30. The van der Waals surface area contributed by atoms with E-state index in [1.165, 1.54) is 19.3 Å². The zero-order chi connectivity index (χ0) is 9.97. The molecule has 1 aliphatic carbocycles. The molecule has 80 valence electrons. The number of piperidine rings is 1. The standard InChI is InChI=1S/C11H20N2O/c1-8(9-4-5-9)11(14)13-10-3-2-6-12-7-10/h8-10,12H,2-7H2,1H3,(H,13,14)/t8?,10-/m1/s1. The van der Waals surface area contributed by atoms with Crippen molar-refractivity contribution in [2.75, 3.05) is 13.1 Å². The number of carbonyl (C=O) groups is 1. The fourth-order valence-electron chi connectivity index (χ4n) is 2.12. The molecule has 2 rings (SSSR count). The maximum Gasteiger partial charge on any atom is 0.223 e. The number of rotatable bonds is 3. The van der Waals surface area contributed by atoms with Crippen LogP contribution in [0.2, 0.25) is 0 Å². The molecule has 0 aromatic rings. The molecule has 2 aliphatic rings. The second-order valence-electron chi connectivity index (χ2n) is 4.68. The van der Waals surface area contributed by atoms with Crippen LogP contribution in [0, 0.1) is 11.8 Å². The smallest absolute Gasteiger partial charge is 0.223 e. The zero-order valence-corrected chi connectivity index (χ0v) is 8.88. The Labute approximate surface area is 85.6 Å². The van der Waals surface area contributed by atoms with Gasteiger partial charge in [0.05, 0.1) is 0 Å². The molecule has 1 amide bonds. The minimum absolute atomic E-state index is 0.233. The summed E-state index contributed by atoms with van der Waals surface area (Å²) in [5.41, 5.74) is 0. The molecule has 14 heavy (non-hydrogen) atoms. The molecular weight excluding hydrogens is 176 g/mol. The molecule has 1 aliphatic heterocycles. The van der Waals surface area contributed by atoms with Crippen molar-refractivity contribution in [3.05, 3.63) is 0 Å². The van der Waals surface area contributed by atoms with E-state index in [1.54, 1.807) is 0 Å². The van der Waals surface area contributed by atoms with E-state index < -0.39 is 0 Å². The average Bonchev–Trinajstić information content (AvgIpc) is 3.01. The lowest BCUT2D eigenvalue weighted by atomic mass is 10.0. The fourth-order valence-corrected chi connectivity index (χ4v) is 2.12. The Morgan fingerprint density at radius 2 is 2.21 bits per heavy atom. The highest BCUT2D eigenvalue weighted by molar-refractivity contribution is 5.79. The summed E-state index contributed by atoms with van der Waals surface area (Å²) < 4.78 is 0. The summed E-state index contributed by atoms with van der Waals surface area (Å²) in [5.74, 6) is 1.17. The summed E-state index contributed by atoms with van der Waals surface area (Å²) in [7, 11) is 0. The van der Waals surface area contributed by atoms with E-state index in [1.807, 2.05) is 0 Å². The Morgan fingerprint density at radius 1 is 1.43 bits per heavy atom. The fraction of sp³-hybridized carbons (Fsp3) is 0.909. The largest absolute Gasteiger partial charge is 0.352 e.